The number of nitro groups is 1. The summed E-state index contributed by atoms with van der Waals surface area (Å²) >= 11 is 5.18. The van der Waals surface area contributed by atoms with Gasteiger partial charge in [0.25, 0.3) is 0 Å². The number of carbonyl (C=O) groups is 2. The van der Waals surface area contributed by atoms with Gasteiger partial charge in [-0.15, -0.1) is 0 Å². The number of para-hydroxylation sites is 1. The van der Waals surface area contributed by atoms with Gasteiger partial charge in [0, 0.05) is 29.7 Å². The van der Waals surface area contributed by atoms with Crippen molar-refractivity contribution in [3.05, 3.63) is 69.4 Å². The number of nitrogens with one attached hydrogen (secondary N) is 3. The molecular formula is C22H20N6O5S. The highest BCUT2D eigenvalue weighted by atomic mass is 32.1. The predicted octanol–water partition coefficient (Wildman–Crippen LogP) is 2.48. The summed E-state index contributed by atoms with van der Waals surface area (Å²) in [6.07, 6.45) is 1.95. The average Bonchev–Trinajstić information content (AvgIpc) is 3.19. The van der Waals surface area contributed by atoms with E-state index in [0.717, 1.165) is 22.5 Å². The van der Waals surface area contributed by atoms with E-state index in [9.17, 15) is 24.8 Å². The van der Waals surface area contributed by atoms with E-state index < -0.39 is 34.2 Å². The third-order valence-corrected chi connectivity index (χ3v) is 5.48. The van der Waals surface area contributed by atoms with Gasteiger partial charge in [-0.3, -0.25) is 20.2 Å². The molecule has 3 aromatic rings. The summed E-state index contributed by atoms with van der Waals surface area (Å²) in [7, 11) is 0. The van der Waals surface area contributed by atoms with Gasteiger partial charge in [-0.2, -0.15) is 5.26 Å². The molecule has 0 saturated heterocycles. The third-order valence-electron chi connectivity index (χ3n) is 5.18. The molecule has 0 saturated carbocycles. The molecule has 0 fully saturated rings. The highest BCUT2D eigenvalue weighted by molar-refractivity contribution is 7.80. The third kappa shape index (κ3) is 5.11. The van der Waals surface area contributed by atoms with Crippen molar-refractivity contribution in [1.82, 2.24) is 15.6 Å². The first-order valence-electron chi connectivity index (χ1n) is 10.0. The minimum absolute atomic E-state index is 0.0750. The molecule has 0 radical (unpaired) electrons. The van der Waals surface area contributed by atoms with Crippen LogP contribution in [0.3, 0.4) is 0 Å². The number of aromatic hydroxyl groups is 1. The molecule has 12 heteroatoms. The number of phenols is 1. The summed E-state index contributed by atoms with van der Waals surface area (Å²) in [5.41, 5.74) is 6.03. The molecule has 1 atom stereocenters. The fraction of sp³-hybridized carbons (Fsp3) is 0.182. The number of hydrogen-bond acceptors (Lipinski definition) is 7. The van der Waals surface area contributed by atoms with Gasteiger partial charge in [-0.25, -0.2) is 4.79 Å². The standard InChI is InChI=1S/C22H20N6O5S/c23-8-3-9-25-20(30)15(10-12-11-26-16-5-2-1-4-13(12)16)14-6-7-17(28(32)33)19(29)18(14)21(34)27-22(24)31/h1-2,4-7,11,15,26,29H,3,9-10H2,(H,25,30)(H3,24,27,31,34). The van der Waals surface area contributed by atoms with Crippen molar-refractivity contribution in [3.63, 3.8) is 0 Å². The molecule has 1 unspecified atom stereocenters. The summed E-state index contributed by atoms with van der Waals surface area (Å²) in [5, 5.41) is 36.5. The first kappa shape index (κ1) is 24.1. The summed E-state index contributed by atoms with van der Waals surface area (Å²) in [6, 6.07) is 10.7. The van der Waals surface area contributed by atoms with E-state index in [-0.39, 0.29) is 35.5 Å². The van der Waals surface area contributed by atoms with E-state index in [1.165, 1.54) is 6.07 Å². The molecule has 2 aromatic carbocycles. The number of nitro benzene ring substituents is 1. The molecule has 1 aromatic heterocycles. The Morgan fingerprint density at radius 1 is 1.29 bits per heavy atom. The molecule has 1 heterocycles. The van der Waals surface area contributed by atoms with E-state index in [1.807, 2.05) is 30.3 Å². The number of phenolic OH excluding ortho intramolecular Hbond substituents is 1. The first-order valence-corrected chi connectivity index (χ1v) is 10.5. The van der Waals surface area contributed by atoms with Crippen LogP contribution in [0.1, 0.15) is 29.0 Å². The van der Waals surface area contributed by atoms with E-state index in [1.54, 1.807) is 6.20 Å². The number of nitrogens with zero attached hydrogens (tertiary/aromatic N) is 2. The normalized spacial score (nSPS) is 11.4. The van der Waals surface area contributed by atoms with E-state index >= 15 is 0 Å². The van der Waals surface area contributed by atoms with Gasteiger partial charge in [0.15, 0.2) is 0 Å². The zero-order valence-electron chi connectivity index (χ0n) is 17.7. The number of aromatic amines is 1. The van der Waals surface area contributed by atoms with E-state index in [0.29, 0.717) is 0 Å². The van der Waals surface area contributed by atoms with Gasteiger partial charge < -0.3 is 21.1 Å². The number of nitrogens with two attached hydrogens (primary N) is 1. The number of aromatic nitrogens is 1. The van der Waals surface area contributed by atoms with Crippen molar-refractivity contribution < 1.29 is 19.6 Å². The molecule has 11 nitrogen and oxygen atoms in total. The van der Waals surface area contributed by atoms with Crippen LogP contribution in [0.4, 0.5) is 10.5 Å². The SMILES string of the molecule is N#CCCNC(=O)C(Cc1c[nH]c2ccccc12)c1ccc([N+](=O)[O-])c(O)c1C(=S)NC(N)=O. The monoisotopic (exact) mass is 480 g/mol. The van der Waals surface area contributed by atoms with E-state index in [2.05, 4.69) is 15.6 Å². The maximum absolute atomic E-state index is 13.2. The Hall–Kier alpha value is -4.50. The lowest BCUT2D eigenvalue weighted by Gasteiger charge is -2.21. The number of primary amides is 1. The topological polar surface area (TPSA) is 187 Å². The fourth-order valence-electron chi connectivity index (χ4n) is 3.68. The predicted molar refractivity (Wildman–Crippen MR) is 127 cm³/mol. The zero-order valence-corrected chi connectivity index (χ0v) is 18.5. The van der Waals surface area contributed by atoms with Gasteiger partial charge in [-0.05, 0) is 23.6 Å². The molecule has 0 bridgehead atoms. The molecule has 0 aliphatic heterocycles. The van der Waals surface area contributed by atoms with Gasteiger partial charge in [-0.1, -0.05) is 36.5 Å². The number of urea groups is 1. The summed E-state index contributed by atoms with van der Waals surface area (Å²) in [6.45, 7) is 0.0813. The van der Waals surface area contributed by atoms with Gasteiger partial charge >= 0.3 is 11.7 Å². The van der Waals surface area contributed by atoms with Crippen LogP contribution in [0.5, 0.6) is 5.75 Å². The first-order chi connectivity index (χ1) is 16.2. The quantitative estimate of drug-likeness (QED) is 0.142. The van der Waals surface area contributed by atoms with Crippen LogP contribution in [0, 0.1) is 21.4 Å². The Bertz CT molecular complexity index is 1330. The lowest BCUT2D eigenvalue weighted by Crippen LogP contribution is -2.36. The Balaban J connectivity index is 2.15. The molecule has 0 aliphatic rings. The highest BCUT2D eigenvalue weighted by Crippen LogP contribution is 2.37. The van der Waals surface area contributed by atoms with Crippen LogP contribution >= 0.6 is 12.2 Å². The van der Waals surface area contributed by atoms with Crippen LogP contribution in [-0.4, -0.2) is 38.5 Å². The van der Waals surface area contributed by atoms with Crippen LogP contribution < -0.4 is 16.4 Å². The summed E-state index contributed by atoms with van der Waals surface area (Å²) in [4.78, 5) is 37.9. The minimum atomic E-state index is -1.03. The van der Waals surface area contributed by atoms with Crippen molar-refractivity contribution in [2.24, 2.45) is 5.73 Å². The Morgan fingerprint density at radius 2 is 2.03 bits per heavy atom. The van der Waals surface area contributed by atoms with Crippen molar-refractivity contribution in [1.29, 1.82) is 5.26 Å². The molecule has 3 amide bonds. The number of H-pyrrole nitrogens is 1. The fourth-order valence-corrected chi connectivity index (χ4v) is 3.99. The lowest BCUT2D eigenvalue weighted by atomic mass is 9.87. The molecule has 174 valence electrons. The number of carbonyl (C=O) groups excluding carboxylic acids is 2. The van der Waals surface area contributed by atoms with E-state index in [4.69, 9.17) is 23.2 Å². The Labute approximate surface area is 198 Å². The maximum Gasteiger partial charge on any atom is 0.317 e. The second-order valence-electron chi connectivity index (χ2n) is 7.29. The minimum Gasteiger partial charge on any atom is -0.502 e. The number of benzene rings is 2. The van der Waals surface area contributed by atoms with Crippen molar-refractivity contribution in [3.8, 4) is 11.8 Å². The molecule has 34 heavy (non-hydrogen) atoms. The van der Waals surface area contributed by atoms with Crippen LogP contribution in [0.15, 0.2) is 42.6 Å². The number of rotatable bonds is 8. The number of fused-ring (bicyclic) bond motifs is 1. The molecular weight excluding hydrogens is 460 g/mol. The Morgan fingerprint density at radius 3 is 2.71 bits per heavy atom. The lowest BCUT2D eigenvalue weighted by molar-refractivity contribution is -0.385. The molecule has 0 aliphatic carbocycles. The second kappa shape index (κ2) is 10.4. The molecule has 0 spiro atoms. The Kier molecular flexibility index (Phi) is 7.39. The van der Waals surface area contributed by atoms with Gasteiger partial charge in [0.05, 0.1) is 28.9 Å². The molecule has 3 rings (SSSR count). The number of thiocarbonyl (C=S) groups is 1. The van der Waals surface area contributed by atoms with Crippen molar-refractivity contribution in [2.75, 3.05) is 6.54 Å². The number of hydrogen-bond donors (Lipinski definition) is 5. The highest BCUT2D eigenvalue weighted by Gasteiger charge is 2.31. The van der Waals surface area contributed by atoms with Crippen molar-refractivity contribution >= 4 is 45.7 Å². The van der Waals surface area contributed by atoms with Gasteiger partial charge in [0.1, 0.15) is 4.99 Å². The maximum atomic E-state index is 13.2. The van der Waals surface area contributed by atoms with Crippen LogP contribution in [-0.2, 0) is 11.2 Å². The smallest absolute Gasteiger partial charge is 0.317 e. The van der Waals surface area contributed by atoms with Crippen LogP contribution in [0.25, 0.3) is 10.9 Å². The average molecular weight is 481 g/mol. The largest absolute Gasteiger partial charge is 0.502 e. The van der Waals surface area contributed by atoms with Gasteiger partial charge in [0.2, 0.25) is 11.7 Å². The number of amides is 3. The summed E-state index contributed by atoms with van der Waals surface area (Å²) in [5.74, 6) is -2.26. The molecule has 6 N–H and O–H groups in total. The van der Waals surface area contributed by atoms with Crippen molar-refractivity contribution in [2.45, 2.75) is 18.8 Å². The summed E-state index contributed by atoms with van der Waals surface area (Å²) < 4.78 is 0. The number of nitriles is 1. The second-order valence-corrected chi connectivity index (χ2v) is 7.70. The van der Waals surface area contributed by atoms with Crippen LogP contribution in [0.2, 0.25) is 0 Å². The zero-order chi connectivity index (χ0) is 24.8.